The summed E-state index contributed by atoms with van der Waals surface area (Å²) in [7, 11) is 0. The molecule has 1 aromatic carbocycles. The summed E-state index contributed by atoms with van der Waals surface area (Å²) >= 11 is 0. The van der Waals surface area contributed by atoms with Gasteiger partial charge in [0.2, 0.25) is 5.91 Å². The van der Waals surface area contributed by atoms with E-state index in [1.165, 1.54) is 12.8 Å². The minimum atomic E-state index is -0.0707. The highest BCUT2D eigenvalue weighted by molar-refractivity contribution is 6.04. The molecule has 3 atom stereocenters. The Bertz CT molecular complexity index is 936. The van der Waals surface area contributed by atoms with Crippen LogP contribution >= 0.6 is 0 Å². The minimum absolute atomic E-state index is 0.0707. The van der Waals surface area contributed by atoms with Crippen molar-refractivity contribution < 1.29 is 9.59 Å². The normalized spacial score (nSPS) is 27.0. The molecule has 8 heteroatoms. The van der Waals surface area contributed by atoms with E-state index in [1.807, 2.05) is 29.2 Å². The number of carbonyl (C=O) groups excluding carboxylic acids is 2. The van der Waals surface area contributed by atoms with Crippen molar-refractivity contribution in [3.8, 4) is 0 Å². The minimum Gasteiger partial charge on any atom is -0.348 e. The zero-order valence-corrected chi connectivity index (χ0v) is 18.2. The lowest BCUT2D eigenvalue weighted by atomic mass is 9.97. The number of hydrogen-bond donors (Lipinski definition) is 2. The smallest absolute Gasteiger partial charge is 0.272 e. The molecule has 0 spiro atoms. The number of para-hydroxylation sites is 1. The van der Waals surface area contributed by atoms with Crippen LogP contribution < -0.4 is 5.32 Å². The second-order valence-corrected chi connectivity index (χ2v) is 9.23. The number of fused-ring (bicyclic) bond motifs is 3. The molecular formula is C23H32N6O2. The number of hydrogen-bond acceptors (Lipinski definition) is 5. The lowest BCUT2D eigenvalue weighted by Gasteiger charge is -2.41. The van der Waals surface area contributed by atoms with Crippen molar-refractivity contribution in [3.05, 3.63) is 30.0 Å². The van der Waals surface area contributed by atoms with Crippen LogP contribution in [-0.2, 0) is 4.79 Å². The van der Waals surface area contributed by atoms with Gasteiger partial charge in [0.1, 0.15) is 0 Å². The molecule has 166 valence electrons. The average Bonchev–Trinajstić information content (AvgIpc) is 3.31. The monoisotopic (exact) mass is 424 g/mol. The summed E-state index contributed by atoms with van der Waals surface area (Å²) in [6.45, 7) is 7.44. The van der Waals surface area contributed by atoms with Crippen molar-refractivity contribution in [2.45, 2.75) is 50.7 Å². The number of aromatic amines is 1. The van der Waals surface area contributed by atoms with Crippen LogP contribution in [0.1, 0.15) is 43.1 Å². The highest BCUT2D eigenvalue weighted by atomic mass is 16.2. The van der Waals surface area contributed by atoms with Crippen molar-refractivity contribution >= 4 is 22.7 Å². The van der Waals surface area contributed by atoms with Gasteiger partial charge in [-0.25, -0.2) is 0 Å². The molecule has 8 nitrogen and oxygen atoms in total. The molecule has 5 rings (SSSR count). The van der Waals surface area contributed by atoms with E-state index >= 15 is 0 Å². The first kappa shape index (κ1) is 20.5. The van der Waals surface area contributed by atoms with Crippen molar-refractivity contribution in [1.82, 2.24) is 30.2 Å². The molecule has 0 radical (unpaired) electrons. The van der Waals surface area contributed by atoms with Crippen LogP contribution in [0.25, 0.3) is 10.9 Å². The topological polar surface area (TPSA) is 84.6 Å². The van der Waals surface area contributed by atoms with E-state index in [4.69, 9.17) is 0 Å². The van der Waals surface area contributed by atoms with Crippen LogP contribution in [0.2, 0.25) is 0 Å². The third-order valence-corrected chi connectivity index (χ3v) is 7.40. The molecule has 3 aliphatic rings. The first-order valence-electron chi connectivity index (χ1n) is 11.6. The van der Waals surface area contributed by atoms with Gasteiger partial charge in [-0.1, -0.05) is 18.2 Å². The Morgan fingerprint density at radius 2 is 1.77 bits per heavy atom. The summed E-state index contributed by atoms with van der Waals surface area (Å²) < 4.78 is 0. The number of H-pyrrole nitrogens is 1. The van der Waals surface area contributed by atoms with Crippen molar-refractivity contribution in [1.29, 1.82) is 0 Å². The van der Waals surface area contributed by atoms with E-state index in [0.29, 0.717) is 17.8 Å². The van der Waals surface area contributed by atoms with E-state index in [0.717, 1.165) is 63.0 Å². The lowest BCUT2D eigenvalue weighted by molar-refractivity contribution is -0.130. The largest absolute Gasteiger partial charge is 0.348 e. The maximum atomic E-state index is 12.9. The lowest BCUT2D eigenvalue weighted by Crippen LogP contribution is -2.54. The highest BCUT2D eigenvalue weighted by Crippen LogP contribution is 2.35. The summed E-state index contributed by atoms with van der Waals surface area (Å²) in [5, 5.41) is 11.3. The summed E-state index contributed by atoms with van der Waals surface area (Å²) in [5.41, 5.74) is 1.39. The van der Waals surface area contributed by atoms with Crippen molar-refractivity contribution in [2.75, 3.05) is 39.3 Å². The van der Waals surface area contributed by atoms with Crippen LogP contribution in [-0.4, -0.2) is 94.1 Å². The zero-order valence-electron chi connectivity index (χ0n) is 18.2. The Labute approximate surface area is 182 Å². The second kappa shape index (κ2) is 8.59. The van der Waals surface area contributed by atoms with Gasteiger partial charge in [-0.05, 0) is 31.7 Å². The fraction of sp³-hybridized carbons (Fsp3) is 0.609. The molecule has 2 bridgehead atoms. The molecule has 31 heavy (non-hydrogen) atoms. The third-order valence-electron chi connectivity index (χ3n) is 7.40. The standard InChI is InChI=1S/C23H32N6O2/c1-16(30)28-11-8-27(9-12-28)10-13-29-18-6-7-19(29)15-17(14-18)24-23(31)22-20-4-2-3-5-21(20)25-26-22/h2-5,17-19H,6-15H2,1H3,(H,24,31)(H,25,26)/t17-,18-,19+. The van der Waals surface area contributed by atoms with Crippen molar-refractivity contribution in [3.63, 3.8) is 0 Å². The number of piperazine rings is 1. The number of rotatable bonds is 5. The van der Waals surface area contributed by atoms with Gasteiger partial charge >= 0.3 is 0 Å². The van der Waals surface area contributed by atoms with Crippen LogP contribution in [0.15, 0.2) is 24.3 Å². The predicted octanol–water partition coefficient (Wildman–Crippen LogP) is 1.45. The Kier molecular flexibility index (Phi) is 5.67. The van der Waals surface area contributed by atoms with Crippen molar-refractivity contribution in [2.24, 2.45) is 0 Å². The summed E-state index contributed by atoms with van der Waals surface area (Å²) in [6, 6.07) is 9.09. The van der Waals surface area contributed by atoms with Crippen LogP contribution in [0.3, 0.4) is 0 Å². The van der Waals surface area contributed by atoms with E-state index in [-0.39, 0.29) is 17.9 Å². The van der Waals surface area contributed by atoms with Gasteiger partial charge in [0.05, 0.1) is 5.52 Å². The first-order valence-corrected chi connectivity index (χ1v) is 11.6. The third kappa shape index (κ3) is 4.19. The number of amides is 2. The predicted molar refractivity (Wildman–Crippen MR) is 119 cm³/mol. The molecule has 3 fully saturated rings. The van der Waals surface area contributed by atoms with E-state index in [1.54, 1.807) is 6.92 Å². The van der Waals surface area contributed by atoms with Gasteiger partial charge in [0, 0.05) is 69.7 Å². The Balaban J connectivity index is 1.13. The maximum Gasteiger partial charge on any atom is 0.272 e. The second-order valence-electron chi connectivity index (χ2n) is 9.23. The molecule has 1 aromatic heterocycles. The Hall–Kier alpha value is -2.45. The maximum absolute atomic E-state index is 12.9. The summed E-state index contributed by atoms with van der Waals surface area (Å²) in [5.74, 6) is 0.114. The van der Waals surface area contributed by atoms with E-state index in [2.05, 4.69) is 25.3 Å². The molecule has 2 amide bonds. The number of carbonyl (C=O) groups is 2. The molecular weight excluding hydrogens is 392 g/mol. The van der Waals surface area contributed by atoms with E-state index < -0.39 is 0 Å². The number of nitrogens with zero attached hydrogens (tertiary/aromatic N) is 4. The Morgan fingerprint density at radius 1 is 1.06 bits per heavy atom. The molecule has 2 N–H and O–H groups in total. The molecule has 0 saturated carbocycles. The molecule has 4 heterocycles. The SMILES string of the molecule is CC(=O)N1CCN(CCN2[C@@H]3CC[C@H]2C[C@H](NC(=O)c2n[nH]c4ccccc24)C3)CC1. The fourth-order valence-corrected chi connectivity index (χ4v) is 5.69. The van der Waals surface area contributed by atoms with Gasteiger partial charge in [-0.15, -0.1) is 0 Å². The summed E-state index contributed by atoms with van der Waals surface area (Å²) in [4.78, 5) is 31.5. The summed E-state index contributed by atoms with van der Waals surface area (Å²) in [6.07, 6.45) is 4.48. The van der Waals surface area contributed by atoms with Gasteiger partial charge < -0.3 is 10.2 Å². The van der Waals surface area contributed by atoms with Crippen LogP contribution in [0.4, 0.5) is 0 Å². The zero-order chi connectivity index (χ0) is 21.4. The molecule has 3 saturated heterocycles. The number of benzene rings is 1. The quantitative estimate of drug-likeness (QED) is 0.759. The average molecular weight is 425 g/mol. The first-order chi connectivity index (χ1) is 15.1. The van der Waals surface area contributed by atoms with Gasteiger partial charge in [-0.2, -0.15) is 5.10 Å². The van der Waals surface area contributed by atoms with Crippen LogP contribution in [0.5, 0.6) is 0 Å². The number of nitrogens with one attached hydrogen (secondary N) is 2. The molecule has 3 aliphatic heterocycles. The van der Waals surface area contributed by atoms with Gasteiger partial charge in [-0.3, -0.25) is 24.5 Å². The fourth-order valence-electron chi connectivity index (χ4n) is 5.69. The number of piperidine rings is 1. The van der Waals surface area contributed by atoms with E-state index in [9.17, 15) is 9.59 Å². The molecule has 0 aliphatic carbocycles. The number of aromatic nitrogens is 2. The molecule has 0 unspecified atom stereocenters. The van der Waals surface area contributed by atoms with Gasteiger partial charge in [0.15, 0.2) is 5.69 Å². The van der Waals surface area contributed by atoms with Gasteiger partial charge in [0.25, 0.3) is 5.91 Å². The highest BCUT2D eigenvalue weighted by Gasteiger charge is 2.41. The Morgan fingerprint density at radius 3 is 2.48 bits per heavy atom. The molecule has 2 aromatic rings. The van der Waals surface area contributed by atoms with Crippen LogP contribution in [0, 0.1) is 0 Å².